The van der Waals surface area contributed by atoms with Crippen molar-refractivity contribution in [1.82, 2.24) is 25.1 Å². The molecule has 1 aliphatic heterocycles. The lowest BCUT2D eigenvalue weighted by molar-refractivity contribution is 0.0762. The first-order valence-electron chi connectivity index (χ1n) is 5.54. The van der Waals surface area contributed by atoms with Gasteiger partial charge in [-0.3, -0.25) is 4.79 Å². The number of carbonyl (C=O) groups excluding carboxylic acids is 1. The van der Waals surface area contributed by atoms with Gasteiger partial charge < -0.3 is 4.90 Å². The third-order valence-corrected chi connectivity index (χ3v) is 3.37. The zero-order valence-corrected chi connectivity index (χ0v) is 11.6. The number of aromatic nitrogens is 4. The molecule has 0 unspecified atom stereocenters. The fourth-order valence-electron chi connectivity index (χ4n) is 2.07. The SMILES string of the molecule is Cn1nnc(CN2Cc3c(F)cc(Br)cc3C2=O)n1. The van der Waals surface area contributed by atoms with Crippen LogP contribution in [-0.2, 0) is 20.1 Å². The zero-order valence-electron chi connectivity index (χ0n) is 9.97. The molecule has 1 aromatic carbocycles. The van der Waals surface area contributed by atoms with Crippen molar-refractivity contribution < 1.29 is 9.18 Å². The number of hydrogen-bond acceptors (Lipinski definition) is 4. The summed E-state index contributed by atoms with van der Waals surface area (Å²) in [6.45, 7) is 0.448. The molecule has 1 aromatic heterocycles. The third-order valence-electron chi connectivity index (χ3n) is 2.91. The van der Waals surface area contributed by atoms with Gasteiger partial charge in [0, 0.05) is 15.6 Å². The summed E-state index contributed by atoms with van der Waals surface area (Å²) in [4.78, 5) is 15.0. The van der Waals surface area contributed by atoms with Crippen LogP contribution in [0.25, 0.3) is 0 Å². The molecule has 2 heterocycles. The number of benzene rings is 1. The Kier molecular flexibility index (Phi) is 2.81. The summed E-state index contributed by atoms with van der Waals surface area (Å²) in [6.07, 6.45) is 0. The Morgan fingerprint density at radius 3 is 2.95 bits per heavy atom. The van der Waals surface area contributed by atoms with E-state index in [1.54, 1.807) is 13.1 Å². The molecule has 0 N–H and O–H groups in total. The van der Waals surface area contributed by atoms with Gasteiger partial charge in [0.25, 0.3) is 5.91 Å². The smallest absolute Gasteiger partial charge is 0.255 e. The van der Waals surface area contributed by atoms with Gasteiger partial charge >= 0.3 is 0 Å². The van der Waals surface area contributed by atoms with Crippen LogP contribution in [0.5, 0.6) is 0 Å². The molecule has 0 bridgehead atoms. The van der Waals surface area contributed by atoms with Crippen molar-refractivity contribution in [2.24, 2.45) is 7.05 Å². The van der Waals surface area contributed by atoms with Gasteiger partial charge in [-0.2, -0.15) is 4.80 Å². The second kappa shape index (κ2) is 4.37. The van der Waals surface area contributed by atoms with Crippen LogP contribution >= 0.6 is 15.9 Å². The summed E-state index contributed by atoms with van der Waals surface area (Å²) >= 11 is 3.18. The molecule has 1 aliphatic rings. The number of nitrogens with zero attached hydrogens (tertiary/aromatic N) is 5. The molecule has 0 saturated carbocycles. The number of aryl methyl sites for hydroxylation is 1. The molecule has 2 aromatic rings. The predicted octanol–water partition coefficient (Wildman–Crippen LogP) is 1.27. The van der Waals surface area contributed by atoms with Crippen molar-refractivity contribution in [3.63, 3.8) is 0 Å². The Morgan fingerprint density at radius 1 is 1.47 bits per heavy atom. The second-order valence-electron chi connectivity index (χ2n) is 4.27. The van der Waals surface area contributed by atoms with E-state index in [1.807, 2.05) is 0 Å². The van der Waals surface area contributed by atoms with Gasteiger partial charge in [0.1, 0.15) is 5.82 Å². The van der Waals surface area contributed by atoms with E-state index in [4.69, 9.17) is 0 Å². The lowest BCUT2D eigenvalue weighted by Gasteiger charge is -2.12. The Bertz CT molecular complexity index is 671. The Labute approximate surface area is 116 Å². The first-order chi connectivity index (χ1) is 9.04. The van der Waals surface area contributed by atoms with E-state index in [0.29, 0.717) is 21.4 Å². The van der Waals surface area contributed by atoms with Crippen molar-refractivity contribution in [1.29, 1.82) is 0 Å². The van der Waals surface area contributed by atoms with E-state index in [2.05, 4.69) is 31.3 Å². The summed E-state index contributed by atoms with van der Waals surface area (Å²) < 4.78 is 14.3. The number of hydrogen-bond donors (Lipinski definition) is 0. The van der Waals surface area contributed by atoms with Crippen LogP contribution < -0.4 is 0 Å². The van der Waals surface area contributed by atoms with Crippen molar-refractivity contribution in [2.75, 3.05) is 0 Å². The monoisotopic (exact) mass is 325 g/mol. The molecule has 0 atom stereocenters. The number of rotatable bonds is 2. The third kappa shape index (κ3) is 2.12. The largest absolute Gasteiger partial charge is 0.326 e. The molecular weight excluding hydrogens is 317 g/mol. The summed E-state index contributed by atoms with van der Waals surface area (Å²) in [5.74, 6) is -0.168. The van der Waals surface area contributed by atoms with Crippen molar-refractivity contribution in [3.8, 4) is 0 Å². The van der Waals surface area contributed by atoms with Crippen LogP contribution in [0, 0.1) is 5.82 Å². The Hall–Kier alpha value is -1.83. The molecule has 19 heavy (non-hydrogen) atoms. The van der Waals surface area contributed by atoms with Gasteiger partial charge in [-0.1, -0.05) is 15.9 Å². The molecule has 8 heteroatoms. The van der Waals surface area contributed by atoms with Crippen LogP contribution in [0.1, 0.15) is 21.7 Å². The molecular formula is C11H9BrFN5O. The topological polar surface area (TPSA) is 63.9 Å². The lowest BCUT2D eigenvalue weighted by atomic mass is 10.1. The van der Waals surface area contributed by atoms with E-state index >= 15 is 0 Å². The van der Waals surface area contributed by atoms with E-state index in [9.17, 15) is 9.18 Å². The fraction of sp³-hybridized carbons (Fsp3) is 0.273. The second-order valence-corrected chi connectivity index (χ2v) is 5.19. The van der Waals surface area contributed by atoms with Gasteiger partial charge in [-0.15, -0.1) is 10.2 Å². The summed E-state index contributed by atoms with van der Waals surface area (Å²) in [6, 6.07) is 2.99. The lowest BCUT2D eigenvalue weighted by Crippen LogP contribution is -2.24. The normalized spacial score (nSPS) is 14.1. The maximum Gasteiger partial charge on any atom is 0.255 e. The number of carbonyl (C=O) groups is 1. The number of tetrazole rings is 1. The summed E-state index contributed by atoms with van der Waals surface area (Å²) in [5.41, 5.74) is 0.799. The molecule has 6 nitrogen and oxygen atoms in total. The number of amides is 1. The van der Waals surface area contributed by atoms with Crippen LogP contribution in [0.2, 0.25) is 0 Å². The molecule has 0 saturated heterocycles. The van der Waals surface area contributed by atoms with Crippen molar-refractivity contribution >= 4 is 21.8 Å². The maximum atomic E-state index is 13.8. The van der Waals surface area contributed by atoms with Gasteiger partial charge in [0.05, 0.1) is 20.1 Å². The Balaban J connectivity index is 1.89. The van der Waals surface area contributed by atoms with E-state index in [1.165, 1.54) is 15.8 Å². The minimum absolute atomic E-state index is 0.220. The zero-order chi connectivity index (χ0) is 13.6. The van der Waals surface area contributed by atoms with Gasteiger partial charge in [0.15, 0.2) is 5.82 Å². The first-order valence-corrected chi connectivity index (χ1v) is 6.34. The van der Waals surface area contributed by atoms with Crippen LogP contribution in [-0.4, -0.2) is 31.0 Å². The minimum Gasteiger partial charge on any atom is -0.326 e. The van der Waals surface area contributed by atoms with Gasteiger partial charge in [-0.25, -0.2) is 4.39 Å². The van der Waals surface area contributed by atoms with E-state index in [-0.39, 0.29) is 24.8 Å². The van der Waals surface area contributed by atoms with Crippen LogP contribution in [0.3, 0.4) is 0 Å². The highest BCUT2D eigenvalue weighted by molar-refractivity contribution is 9.10. The fourth-order valence-corrected chi connectivity index (χ4v) is 2.50. The molecule has 3 rings (SSSR count). The van der Waals surface area contributed by atoms with Crippen molar-refractivity contribution in [2.45, 2.75) is 13.1 Å². The highest BCUT2D eigenvalue weighted by Gasteiger charge is 2.31. The predicted molar refractivity (Wildman–Crippen MR) is 66.5 cm³/mol. The highest BCUT2D eigenvalue weighted by atomic mass is 79.9. The standard InChI is InChI=1S/C11H9BrFN5O/c1-17-15-10(14-16-17)5-18-4-8-7(11(18)19)2-6(12)3-9(8)13/h2-3H,4-5H2,1H3. The van der Waals surface area contributed by atoms with E-state index < -0.39 is 0 Å². The summed E-state index contributed by atoms with van der Waals surface area (Å²) in [5, 5.41) is 11.5. The van der Waals surface area contributed by atoms with Crippen LogP contribution in [0.4, 0.5) is 4.39 Å². The summed E-state index contributed by atoms with van der Waals surface area (Å²) in [7, 11) is 1.65. The maximum absolute atomic E-state index is 13.8. The highest BCUT2D eigenvalue weighted by Crippen LogP contribution is 2.29. The molecule has 0 fully saturated rings. The molecule has 0 aliphatic carbocycles. The molecule has 98 valence electrons. The molecule has 0 spiro atoms. The molecule has 1 amide bonds. The molecule has 0 radical (unpaired) electrons. The number of halogens is 2. The first kappa shape index (κ1) is 12.2. The van der Waals surface area contributed by atoms with E-state index in [0.717, 1.165) is 0 Å². The Morgan fingerprint density at radius 2 is 2.26 bits per heavy atom. The van der Waals surface area contributed by atoms with Gasteiger partial charge in [0.2, 0.25) is 0 Å². The number of fused-ring (bicyclic) bond motifs is 1. The average Bonchev–Trinajstić information content (AvgIpc) is 2.87. The van der Waals surface area contributed by atoms with Crippen molar-refractivity contribution in [3.05, 3.63) is 39.4 Å². The quantitative estimate of drug-likeness (QED) is 0.834. The average molecular weight is 326 g/mol. The van der Waals surface area contributed by atoms with Gasteiger partial charge in [-0.05, 0) is 17.3 Å². The minimum atomic E-state index is -0.382. The van der Waals surface area contributed by atoms with Crippen LogP contribution in [0.15, 0.2) is 16.6 Å².